The van der Waals surface area contributed by atoms with Crippen LogP contribution in [0.2, 0.25) is 0 Å². The van der Waals surface area contributed by atoms with Gasteiger partial charge in [0.1, 0.15) is 6.29 Å². The highest BCUT2D eigenvalue weighted by molar-refractivity contribution is 5.56. The van der Waals surface area contributed by atoms with Crippen LogP contribution in [-0.4, -0.2) is 17.0 Å². The van der Waals surface area contributed by atoms with Gasteiger partial charge in [-0.1, -0.05) is 6.92 Å². The standard InChI is InChI=1S/C20H32O2/c1-19(22)9-7-15-13(11-19)3-5-17-16(15)8-10-20(2)14(12-21)4-6-18(17)20/h12-18,22H,3-11H2,1-2H3/t13-,14-,15+,16?,17-,18?,19-,20-/m1/s1. The van der Waals surface area contributed by atoms with Gasteiger partial charge in [0.15, 0.2) is 0 Å². The average Bonchev–Trinajstić information content (AvgIpc) is 2.82. The number of rotatable bonds is 1. The van der Waals surface area contributed by atoms with Crippen molar-refractivity contribution in [1.82, 2.24) is 0 Å². The van der Waals surface area contributed by atoms with E-state index in [0.29, 0.717) is 11.3 Å². The second-order valence-corrected chi connectivity index (χ2v) is 9.54. The molecule has 4 aliphatic rings. The Bertz CT molecular complexity index is 457. The Hall–Kier alpha value is -0.370. The molecule has 124 valence electrons. The Kier molecular flexibility index (Phi) is 3.49. The Balaban J connectivity index is 1.56. The highest BCUT2D eigenvalue weighted by atomic mass is 16.3. The van der Waals surface area contributed by atoms with E-state index < -0.39 is 5.60 Å². The fourth-order valence-electron chi connectivity index (χ4n) is 7.35. The van der Waals surface area contributed by atoms with E-state index in [-0.39, 0.29) is 0 Å². The quantitative estimate of drug-likeness (QED) is 0.737. The lowest BCUT2D eigenvalue weighted by Crippen LogP contribution is -2.50. The lowest BCUT2D eigenvalue weighted by Gasteiger charge is -2.56. The number of carbonyl (C=O) groups excluding carboxylic acids is 1. The normalized spacial score (nSPS) is 57.6. The molecule has 0 radical (unpaired) electrons. The summed E-state index contributed by atoms with van der Waals surface area (Å²) in [4.78, 5) is 11.5. The van der Waals surface area contributed by atoms with E-state index in [1.807, 2.05) is 6.92 Å². The molecule has 4 fully saturated rings. The van der Waals surface area contributed by atoms with Gasteiger partial charge in [-0.25, -0.2) is 0 Å². The van der Waals surface area contributed by atoms with Gasteiger partial charge >= 0.3 is 0 Å². The van der Waals surface area contributed by atoms with Gasteiger partial charge in [-0.15, -0.1) is 0 Å². The van der Waals surface area contributed by atoms with Crippen molar-refractivity contribution in [3.8, 4) is 0 Å². The molecule has 22 heavy (non-hydrogen) atoms. The van der Waals surface area contributed by atoms with Crippen LogP contribution in [0.15, 0.2) is 0 Å². The monoisotopic (exact) mass is 304 g/mol. The molecule has 2 unspecified atom stereocenters. The number of hydrogen-bond acceptors (Lipinski definition) is 2. The third kappa shape index (κ3) is 2.12. The smallest absolute Gasteiger partial charge is 0.123 e. The molecule has 0 aromatic heterocycles. The first kappa shape index (κ1) is 15.2. The van der Waals surface area contributed by atoms with Gasteiger partial charge in [-0.2, -0.15) is 0 Å². The van der Waals surface area contributed by atoms with Crippen molar-refractivity contribution >= 4 is 6.29 Å². The van der Waals surface area contributed by atoms with Crippen molar-refractivity contribution in [1.29, 1.82) is 0 Å². The maximum atomic E-state index is 11.5. The molecule has 4 rings (SSSR count). The molecule has 0 heterocycles. The van der Waals surface area contributed by atoms with Crippen molar-refractivity contribution in [2.75, 3.05) is 0 Å². The zero-order valence-electron chi connectivity index (χ0n) is 14.3. The van der Waals surface area contributed by atoms with Gasteiger partial charge in [0.25, 0.3) is 0 Å². The molecule has 0 aliphatic heterocycles. The maximum Gasteiger partial charge on any atom is 0.123 e. The van der Waals surface area contributed by atoms with Gasteiger partial charge < -0.3 is 9.90 Å². The van der Waals surface area contributed by atoms with E-state index in [2.05, 4.69) is 6.92 Å². The first-order valence-corrected chi connectivity index (χ1v) is 9.62. The van der Waals surface area contributed by atoms with Crippen LogP contribution >= 0.6 is 0 Å². The Morgan fingerprint density at radius 1 is 0.909 bits per heavy atom. The van der Waals surface area contributed by atoms with Crippen molar-refractivity contribution in [2.45, 2.75) is 77.2 Å². The first-order valence-electron chi connectivity index (χ1n) is 9.62. The van der Waals surface area contributed by atoms with Crippen molar-refractivity contribution < 1.29 is 9.90 Å². The van der Waals surface area contributed by atoms with Crippen LogP contribution in [0.1, 0.15) is 71.6 Å². The first-order chi connectivity index (χ1) is 10.4. The fraction of sp³-hybridized carbons (Fsp3) is 0.950. The van der Waals surface area contributed by atoms with Gasteiger partial charge in [0, 0.05) is 5.92 Å². The maximum absolute atomic E-state index is 11.5. The number of fused-ring (bicyclic) bond motifs is 5. The summed E-state index contributed by atoms with van der Waals surface area (Å²) >= 11 is 0. The molecular formula is C20H32O2. The van der Waals surface area contributed by atoms with Gasteiger partial charge in [-0.3, -0.25) is 0 Å². The minimum Gasteiger partial charge on any atom is -0.390 e. The van der Waals surface area contributed by atoms with Crippen LogP contribution in [0.3, 0.4) is 0 Å². The molecule has 4 saturated carbocycles. The fourth-order valence-corrected chi connectivity index (χ4v) is 7.35. The summed E-state index contributed by atoms with van der Waals surface area (Å²) in [5.74, 6) is 4.50. The molecule has 0 aromatic rings. The topological polar surface area (TPSA) is 37.3 Å². The highest BCUT2D eigenvalue weighted by Gasteiger charge is 2.57. The Morgan fingerprint density at radius 3 is 2.45 bits per heavy atom. The van der Waals surface area contributed by atoms with Crippen molar-refractivity contribution in [3.63, 3.8) is 0 Å². The van der Waals surface area contributed by atoms with E-state index in [1.54, 1.807) is 0 Å². The summed E-state index contributed by atoms with van der Waals surface area (Å²) in [6, 6.07) is 0. The van der Waals surface area contributed by atoms with Crippen LogP contribution in [0.4, 0.5) is 0 Å². The molecule has 2 heteroatoms. The molecule has 0 aromatic carbocycles. The third-order valence-corrected chi connectivity index (χ3v) is 8.47. The van der Waals surface area contributed by atoms with Crippen molar-refractivity contribution in [3.05, 3.63) is 0 Å². The summed E-state index contributed by atoms with van der Waals surface area (Å²) in [5, 5.41) is 10.4. The molecule has 4 aliphatic carbocycles. The van der Waals surface area contributed by atoms with Crippen LogP contribution in [0, 0.1) is 40.9 Å². The van der Waals surface area contributed by atoms with Crippen LogP contribution < -0.4 is 0 Å². The van der Waals surface area contributed by atoms with Crippen molar-refractivity contribution in [2.24, 2.45) is 40.9 Å². The summed E-state index contributed by atoms with van der Waals surface area (Å²) in [7, 11) is 0. The number of aldehydes is 1. The zero-order chi connectivity index (χ0) is 15.5. The van der Waals surface area contributed by atoms with Gasteiger partial charge in [-0.05, 0) is 99.7 Å². The second-order valence-electron chi connectivity index (χ2n) is 9.54. The van der Waals surface area contributed by atoms with Crippen LogP contribution in [0.25, 0.3) is 0 Å². The summed E-state index contributed by atoms with van der Waals surface area (Å²) < 4.78 is 0. The van der Waals surface area contributed by atoms with Crippen LogP contribution in [0.5, 0.6) is 0 Å². The number of hydrogen-bond donors (Lipinski definition) is 1. The molecular weight excluding hydrogens is 272 g/mol. The SMILES string of the molecule is C[C@@]1(O)CC[C@@H]2C3CC[C@@]4(C)C(CC[C@@H]4C=O)[C@@H]3CC[C@@H]2C1. The van der Waals surface area contributed by atoms with E-state index in [9.17, 15) is 9.90 Å². The highest BCUT2D eigenvalue weighted by Crippen LogP contribution is 2.64. The van der Waals surface area contributed by atoms with E-state index >= 15 is 0 Å². The Morgan fingerprint density at radius 2 is 1.68 bits per heavy atom. The lowest BCUT2D eigenvalue weighted by molar-refractivity contribution is -0.121. The third-order valence-electron chi connectivity index (χ3n) is 8.47. The molecule has 0 bridgehead atoms. The number of carbonyl (C=O) groups is 1. The second kappa shape index (κ2) is 5.06. The molecule has 1 N–H and O–H groups in total. The number of aliphatic hydroxyl groups is 1. The molecule has 0 spiro atoms. The molecule has 8 atom stereocenters. The predicted molar refractivity (Wildman–Crippen MR) is 87.3 cm³/mol. The summed E-state index contributed by atoms with van der Waals surface area (Å²) in [6.07, 6.45) is 12.2. The molecule has 2 nitrogen and oxygen atoms in total. The van der Waals surface area contributed by atoms with E-state index in [4.69, 9.17) is 0 Å². The lowest BCUT2D eigenvalue weighted by atomic mass is 9.49. The van der Waals surface area contributed by atoms with E-state index in [0.717, 1.165) is 48.9 Å². The Labute approximate surface area is 135 Å². The average molecular weight is 304 g/mol. The zero-order valence-corrected chi connectivity index (χ0v) is 14.3. The minimum atomic E-state index is -0.410. The van der Waals surface area contributed by atoms with Gasteiger partial charge in [0.05, 0.1) is 5.60 Å². The largest absolute Gasteiger partial charge is 0.390 e. The minimum absolute atomic E-state index is 0.302. The van der Waals surface area contributed by atoms with Gasteiger partial charge in [0.2, 0.25) is 0 Å². The van der Waals surface area contributed by atoms with Crippen LogP contribution in [-0.2, 0) is 4.79 Å². The molecule has 0 saturated heterocycles. The predicted octanol–water partition coefficient (Wildman–Crippen LogP) is 4.21. The van der Waals surface area contributed by atoms with E-state index in [1.165, 1.54) is 44.8 Å². The summed E-state index contributed by atoms with van der Waals surface area (Å²) in [6.45, 7) is 4.45. The molecule has 0 amide bonds. The summed E-state index contributed by atoms with van der Waals surface area (Å²) in [5.41, 5.74) is -0.108.